The minimum atomic E-state index is -3.41. The predicted molar refractivity (Wildman–Crippen MR) is 120 cm³/mol. The van der Waals surface area contributed by atoms with Gasteiger partial charge in [-0.15, -0.1) is 0 Å². The zero-order valence-electron chi connectivity index (χ0n) is 16.0. The largest absolute Gasteiger partial charge is 0.322 e. The summed E-state index contributed by atoms with van der Waals surface area (Å²) in [5, 5.41) is 3.48. The van der Waals surface area contributed by atoms with Crippen molar-refractivity contribution in [2.45, 2.75) is 26.7 Å². The number of nitrogens with zero attached hydrogens (tertiary/aromatic N) is 1. The van der Waals surface area contributed by atoms with Crippen LogP contribution in [0.25, 0.3) is 0 Å². The van der Waals surface area contributed by atoms with Gasteiger partial charge in [-0.2, -0.15) is 0 Å². The van der Waals surface area contributed by atoms with Gasteiger partial charge in [-0.3, -0.25) is 9.10 Å². The zero-order chi connectivity index (χ0) is 21.3. The van der Waals surface area contributed by atoms with Crippen molar-refractivity contribution >= 4 is 62.1 Å². The Morgan fingerprint density at radius 1 is 1.14 bits per heavy atom. The molecule has 0 aromatic heterocycles. The van der Waals surface area contributed by atoms with E-state index in [4.69, 9.17) is 34.8 Å². The van der Waals surface area contributed by atoms with Gasteiger partial charge in [-0.1, -0.05) is 48.7 Å². The maximum absolute atomic E-state index is 12.9. The fourth-order valence-corrected chi connectivity index (χ4v) is 5.54. The summed E-state index contributed by atoms with van der Waals surface area (Å²) < 4.78 is 25.7. The van der Waals surface area contributed by atoms with Crippen LogP contribution in [0.2, 0.25) is 15.1 Å². The molecule has 2 aromatic rings. The van der Waals surface area contributed by atoms with Crippen LogP contribution in [0.5, 0.6) is 0 Å². The number of hydrogen-bond acceptors (Lipinski definition) is 3. The third-order valence-electron chi connectivity index (χ3n) is 4.50. The minimum Gasteiger partial charge on any atom is -0.322 e. The van der Waals surface area contributed by atoms with Crippen LogP contribution >= 0.6 is 34.8 Å². The van der Waals surface area contributed by atoms with Crippen molar-refractivity contribution in [2.75, 3.05) is 21.9 Å². The molecule has 1 aliphatic rings. The van der Waals surface area contributed by atoms with E-state index in [1.54, 1.807) is 6.07 Å². The molecule has 1 fully saturated rings. The summed E-state index contributed by atoms with van der Waals surface area (Å²) in [6.45, 7) is 4.53. The first-order valence-electron chi connectivity index (χ1n) is 9.17. The van der Waals surface area contributed by atoms with Gasteiger partial charge in [0.2, 0.25) is 10.0 Å². The minimum absolute atomic E-state index is 0.0638. The van der Waals surface area contributed by atoms with Crippen molar-refractivity contribution in [1.82, 2.24) is 0 Å². The van der Waals surface area contributed by atoms with Gasteiger partial charge in [0.05, 0.1) is 27.0 Å². The van der Waals surface area contributed by atoms with E-state index in [0.717, 1.165) is 12.0 Å². The number of hydrogen-bond donors (Lipinski definition) is 1. The number of sulfonamides is 1. The number of anilines is 2. The van der Waals surface area contributed by atoms with Crippen LogP contribution in [-0.4, -0.2) is 26.6 Å². The third kappa shape index (κ3) is 5.18. The molecule has 2 aromatic carbocycles. The summed E-state index contributed by atoms with van der Waals surface area (Å²) in [4.78, 5) is 12.9. The molecule has 0 bridgehead atoms. The lowest BCUT2D eigenvalue weighted by Gasteiger charge is -2.19. The second-order valence-corrected chi connectivity index (χ2v) is 10.7. The van der Waals surface area contributed by atoms with Gasteiger partial charge in [-0.25, -0.2) is 8.42 Å². The van der Waals surface area contributed by atoms with Crippen LogP contribution in [0.3, 0.4) is 0 Å². The molecule has 156 valence electrons. The van der Waals surface area contributed by atoms with Crippen molar-refractivity contribution in [3.63, 3.8) is 0 Å². The van der Waals surface area contributed by atoms with Crippen LogP contribution in [-0.2, 0) is 16.4 Å². The van der Waals surface area contributed by atoms with Gasteiger partial charge in [-0.05, 0) is 54.7 Å². The van der Waals surface area contributed by atoms with Crippen LogP contribution < -0.4 is 9.62 Å². The normalized spacial score (nSPS) is 15.7. The molecule has 1 aliphatic heterocycles. The Hall–Kier alpha value is -1.47. The molecule has 9 heteroatoms. The quantitative estimate of drug-likeness (QED) is 0.609. The molecule has 1 saturated heterocycles. The lowest BCUT2D eigenvalue weighted by molar-refractivity contribution is 0.102. The van der Waals surface area contributed by atoms with Crippen molar-refractivity contribution in [3.8, 4) is 0 Å². The summed E-state index contributed by atoms with van der Waals surface area (Å²) in [6.07, 6.45) is 1.34. The lowest BCUT2D eigenvalue weighted by atomic mass is 10.0. The van der Waals surface area contributed by atoms with E-state index >= 15 is 0 Å². The maximum Gasteiger partial charge on any atom is 0.257 e. The number of amides is 1. The van der Waals surface area contributed by atoms with Gasteiger partial charge in [0.1, 0.15) is 0 Å². The number of rotatable bonds is 5. The van der Waals surface area contributed by atoms with Gasteiger partial charge >= 0.3 is 0 Å². The summed E-state index contributed by atoms with van der Waals surface area (Å²) >= 11 is 18.6. The van der Waals surface area contributed by atoms with Crippen LogP contribution in [0.1, 0.15) is 36.2 Å². The highest BCUT2D eigenvalue weighted by atomic mass is 35.5. The molecule has 29 heavy (non-hydrogen) atoms. The summed E-state index contributed by atoms with van der Waals surface area (Å²) in [5.74, 6) is 0.00750. The van der Waals surface area contributed by atoms with Gasteiger partial charge in [0.15, 0.2) is 0 Å². The van der Waals surface area contributed by atoms with Crippen molar-refractivity contribution in [2.24, 2.45) is 5.92 Å². The smallest absolute Gasteiger partial charge is 0.257 e. The molecule has 0 saturated carbocycles. The van der Waals surface area contributed by atoms with Crippen molar-refractivity contribution < 1.29 is 13.2 Å². The first kappa shape index (κ1) is 22.2. The third-order valence-corrected chi connectivity index (χ3v) is 7.39. The highest BCUT2D eigenvalue weighted by Crippen LogP contribution is 2.34. The topological polar surface area (TPSA) is 66.5 Å². The summed E-state index contributed by atoms with van der Waals surface area (Å²) in [7, 11) is -3.41. The Morgan fingerprint density at radius 2 is 1.86 bits per heavy atom. The van der Waals surface area contributed by atoms with E-state index in [2.05, 4.69) is 19.2 Å². The molecular formula is C20H21Cl3N2O3S. The van der Waals surface area contributed by atoms with Gasteiger partial charge in [0.25, 0.3) is 5.91 Å². The van der Waals surface area contributed by atoms with Crippen LogP contribution in [0.4, 0.5) is 11.4 Å². The molecule has 0 atom stereocenters. The summed E-state index contributed by atoms with van der Waals surface area (Å²) in [6, 6.07) is 8.28. The fourth-order valence-electron chi connectivity index (χ4n) is 3.32. The Kier molecular flexibility index (Phi) is 6.68. The Labute approximate surface area is 186 Å². The standard InChI is InChI=1S/C20H21Cl3N2O3S/c1-12(2)6-13-7-14(21)9-15(8-13)24-20(26)17-10-16(11-18(22)19(17)23)25-4-3-5-29(25,27)28/h7-12H,3-6H2,1-2H3,(H,24,26). The fraction of sp³-hybridized carbons (Fsp3) is 0.350. The summed E-state index contributed by atoms with van der Waals surface area (Å²) in [5.41, 5.74) is 1.96. The predicted octanol–water partition coefficient (Wildman–Crippen LogP) is 5.64. The number of halogens is 3. The monoisotopic (exact) mass is 474 g/mol. The molecule has 5 nitrogen and oxygen atoms in total. The van der Waals surface area contributed by atoms with Crippen LogP contribution in [0, 0.1) is 5.92 Å². The number of carbonyl (C=O) groups is 1. The number of nitrogens with one attached hydrogen (secondary N) is 1. The first-order chi connectivity index (χ1) is 13.6. The second-order valence-electron chi connectivity index (χ2n) is 7.43. The molecule has 0 spiro atoms. The SMILES string of the molecule is CC(C)Cc1cc(Cl)cc(NC(=O)c2cc(N3CCCS3(=O)=O)cc(Cl)c2Cl)c1. The molecule has 0 radical (unpaired) electrons. The zero-order valence-corrected chi connectivity index (χ0v) is 19.1. The lowest BCUT2D eigenvalue weighted by Crippen LogP contribution is -2.25. The van der Waals surface area contributed by atoms with E-state index in [1.165, 1.54) is 16.4 Å². The van der Waals surface area contributed by atoms with Gasteiger partial charge in [0, 0.05) is 17.3 Å². The molecule has 0 aliphatic carbocycles. The van der Waals surface area contributed by atoms with E-state index in [-0.39, 0.29) is 21.4 Å². The van der Waals surface area contributed by atoms with E-state index in [0.29, 0.717) is 35.3 Å². The van der Waals surface area contributed by atoms with Crippen molar-refractivity contribution in [1.29, 1.82) is 0 Å². The molecule has 0 unspecified atom stereocenters. The number of benzene rings is 2. The highest BCUT2D eigenvalue weighted by molar-refractivity contribution is 7.93. The second kappa shape index (κ2) is 8.72. The van der Waals surface area contributed by atoms with E-state index < -0.39 is 15.9 Å². The van der Waals surface area contributed by atoms with E-state index in [1.807, 2.05) is 12.1 Å². The molecular weight excluding hydrogens is 455 g/mol. The Bertz CT molecular complexity index is 1060. The Morgan fingerprint density at radius 3 is 2.48 bits per heavy atom. The molecule has 3 rings (SSSR count). The molecule has 1 N–H and O–H groups in total. The molecule has 1 amide bonds. The maximum atomic E-state index is 12.9. The van der Waals surface area contributed by atoms with E-state index in [9.17, 15) is 13.2 Å². The first-order valence-corrected chi connectivity index (χ1v) is 11.9. The Balaban J connectivity index is 1.93. The van der Waals surface area contributed by atoms with Crippen molar-refractivity contribution in [3.05, 3.63) is 56.5 Å². The van der Waals surface area contributed by atoms with Gasteiger partial charge < -0.3 is 5.32 Å². The molecule has 1 heterocycles. The van der Waals surface area contributed by atoms with Crippen LogP contribution in [0.15, 0.2) is 30.3 Å². The average molecular weight is 476 g/mol. The highest BCUT2D eigenvalue weighted by Gasteiger charge is 2.30. The average Bonchev–Trinajstić information content (AvgIpc) is 2.95. The number of carbonyl (C=O) groups excluding carboxylic acids is 1.